The summed E-state index contributed by atoms with van der Waals surface area (Å²) in [6, 6.07) is 12.8. The average molecular weight is 339 g/mol. The summed E-state index contributed by atoms with van der Waals surface area (Å²) >= 11 is 9.44. The summed E-state index contributed by atoms with van der Waals surface area (Å²) in [5, 5.41) is 4.22. The second kappa shape index (κ2) is 5.98. The molecular formula is C16H17BrClN. The predicted octanol–water partition coefficient (Wildman–Crippen LogP) is 5.89. The molecule has 0 bridgehead atoms. The van der Waals surface area contributed by atoms with Crippen molar-refractivity contribution in [2.75, 3.05) is 5.32 Å². The van der Waals surface area contributed by atoms with Crippen LogP contribution in [0.5, 0.6) is 0 Å². The first kappa shape index (κ1) is 14.4. The van der Waals surface area contributed by atoms with Gasteiger partial charge in [-0.2, -0.15) is 0 Å². The molecule has 0 saturated heterocycles. The van der Waals surface area contributed by atoms with Crippen LogP contribution in [-0.2, 0) is 0 Å². The van der Waals surface area contributed by atoms with Crippen LogP contribution in [0.1, 0.15) is 29.7 Å². The Balaban J connectivity index is 2.20. The Morgan fingerprint density at radius 2 is 1.68 bits per heavy atom. The maximum Gasteiger partial charge on any atom is 0.0549 e. The van der Waals surface area contributed by atoms with E-state index in [1.165, 1.54) is 16.7 Å². The minimum atomic E-state index is 0.256. The van der Waals surface area contributed by atoms with Crippen LogP contribution < -0.4 is 5.32 Å². The average Bonchev–Trinajstić information content (AvgIpc) is 2.32. The van der Waals surface area contributed by atoms with Crippen LogP contribution in [0.4, 0.5) is 5.69 Å². The minimum absolute atomic E-state index is 0.256. The maximum absolute atomic E-state index is 6.00. The first-order chi connectivity index (χ1) is 8.95. The molecule has 0 aliphatic heterocycles. The monoisotopic (exact) mass is 337 g/mol. The highest BCUT2D eigenvalue weighted by Gasteiger charge is 2.07. The van der Waals surface area contributed by atoms with Crippen molar-refractivity contribution in [3.63, 3.8) is 0 Å². The number of benzene rings is 2. The van der Waals surface area contributed by atoms with Crippen LogP contribution in [0.15, 0.2) is 40.9 Å². The summed E-state index contributed by atoms with van der Waals surface area (Å²) in [6.45, 7) is 6.42. The van der Waals surface area contributed by atoms with E-state index >= 15 is 0 Å². The van der Waals surface area contributed by atoms with Gasteiger partial charge in [-0.05, 0) is 60.5 Å². The lowest BCUT2D eigenvalue weighted by Gasteiger charge is -2.17. The van der Waals surface area contributed by atoms with Gasteiger partial charge >= 0.3 is 0 Å². The van der Waals surface area contributed by atoms with Crippen molar-refractivity contribution in [3.05, 3.63) is 62.6 Å². The van der Waals surface area contributed by atoms with E-state index in [-0.39, 0.29) is 6.04 Å². The lowest BCUT2D eigenvalue weighted by Crippen LogP contribution is -2.07. The topological polar surface area (TPSA) is 12.0 Å². The third-order valence-corrected chi connectivity index (χ3v) is 4.26. The summed E-state index contributed by atoms with van der Waals surface area (Å²) in [5.41, 5.74) is 4.94. The van der Waals surface area contributed by atoms with Crippen molar-refractivity contribution in [2.24, 2.45) is 0 Å². The molecule has 0 amide bonds. The summed E-state index contributed by atoms with van der Waals surface area (Å²) in [7, 11) is 0. The largest absolute Gasteiger partial charge is 0.378 e. The molecule has 3 heteroatoms. The van der Waals surface area contributed by atoms with Crippen molar-refractivity contribution < 1.29 is 0 Å². The van der Waals surface area contributed by atoms with Gasteiger partial charge in [0.05, 0.1) is 5.02 Å². The van der Waals surface area contributed by atoms with Gasteiger partial charge in [0.2, 0.25) is 0 Å². The van der Waals surface area contributed by atoms with Gasteiger partial charge in [-0.1, -0.05) is 40.9 Å². The highest BCUT2D eigenvalue weighted by molar-refractivity contribution is 9.10. The molecule has 0 aromatic heterocycles. The van der Waals surface area contributed by atoms with E-state index in [9.17, 15) is 0 Å². The number of hydrogen-bond acceptors (Lipinski definition) is 1. The Labute approximate surface area is 128 Å². The fourth-order valence-corrected chi connectivity index (χ4v) is 2.68. The molecule has 1 atom stereocenters. The SMILES string of the molecule is Cc1cc(C)cc(C(C)Nc2ccc(Cl)c(Br)c2)c1. The van der Waals surface area contributed by atoms with E-state index in [0.717, 1.165) is 15.2 Å². The zero-order valence-corrected chi connectivity index (χ0v) is 13.6. The fourth-order valence-electron chi connectivity index (χ4n) is 2.18. The van der Waals surface area contributed by atoms with Crippen LogP contribution >= 0.6 is 27.5 Å². The molecule has 100 valence electrons. The number of rotatable bonds is 3. The van der Waals surface area contributed by atoms with Crippen molar-refractivity contribution in [2.45, 2.75) is 26.8 Å². The Morgan fingerprint density at radius 1 is 1.05 bits per heavy atom. The van der Waals surface area contributed by atoms with Gasteiger partial charge in [0.25, 0.3) is 0 Å². The molecule has 0 radical (unpaired) electrons. The third kappa shape index (κ3) is 3.74. The van der Waals surface area contributed by atoms with Gasteiger partial charge in [-0.3, -0.25) is 0 Å². The van der Waals surface area contributed by atoms with Crippen molar-refractivity contribution in [3.8, 4) is 0 Å². The maximum atomic E-state index is 6.00. The number of nitrogens with one attached hydrogen (secondary N) is 1. The van der Waals surface area contributed by atoms with Crippen molar-refractivity contribution >= 4 is 33.2 Å². The van der Waals surface area contributed by atoms with E-state index in [2.05, 4.69) is 60.2 Å². The van der Waals surface area contributed by atoms with Gasteiger partial charge in [-0.25, -0.2) is 0 Å². The van der Waals surface area contributed by atoms with Crippen LogP contribution in [0.25, 0.3) is 0 Å². The van der Waals surface area contributed by atoms with E-state index in [1.54, 1.807) is 0 Å². The molecule has 0 aliphatic carbocycles. The van der Waals surface area contributed by atoms with E-state index < -0.39 is 0 Å². The van der Waals surface area contributed by atoms with Crippen LogP contribution in [0, 0.1) is 13.8 Å². The Hall–Kier alpha value is -0.990. The smallest absolute Gasteiger partial charge is 0.0549 e. The van der Waals surface area contributed by atoms with Crippen LogP contribution in [-0.4, -0.2) is 0 Å². The summed E-state index contributed by atoms with van der Waals surface area (Å²) in [5.74, 6) is 0. The Kier molecular flexibility index (Phi) is 4.54. The second-order valence-electron chi connectivity index (χ2n) is 4.92. The molecule has 0 aliphatic rings. The fraction of sp³-hybridized carbons (Fsp3) is 0.250. The molecule has 0 saturated carbocycles. The highest BCUT2D eigenvalue weighted by Crippen LogP contribution is 2.28. The first-order valence-corrected chi connectivity index (χ1v) is 7.42. The molecule has 1 nitrogen and oxygen atoms in total. The zero-order chi connectivity index (χ0) is 14.0. The van der Waals surface area contributed by atoms with E-state index in [4.69, 9.17) is 11.6 Å². The number of aryl methyl sites for hydroxylation is 2. The summed E-state index contributed by atoms with van der Waals surface area (Å²) in [4.78, 5) is 0. The molecule has 2 rings (SSSR count). The standard InChI is InChI=1S/C16H17BrClN/c1-10-6-11(2)8-13(7-10)12(3)19-14-4-5-16(18)15(17)9-14/h4-9,12,19H,1-3H3. The number of hydrogen-bond donors (Lipinski definition) is 1. The first-order valence-electron chi connectivity index (χ1n) is 6.25. The minimum Gasteiger partial charge on any atom is -0.378 e. The lowest BCUT2D eigenvalue weighted by molar-refractivity contribution is 0.880. The zero-order valence-electron chi connectivity index (χ0n) is 11.3. The van der Waals surface area contributed by atoms with Gasteiger partial charge < -0.3 is 5.32 Å². The Morgan fingerprint density at radius 3 is 2.26 bits per heavy atom. The van der Waals surface area contributed by atoms with E-state index in [1.807, 2.05) is 18.2 Å². The molecule has 1 N–H and O–H groups in total. The second-order valence-corrected chi connectivity index (χ2v) is 6.18. The molecule has 1 unspecified atom stereocenters. The highest BCUT2D eigenvalue weighted by atomic mass is 79.9. The quantitative estimate of drug-likeness (QED) is 0.735. The molecule has 2 aromatic carbocycles. The van der Waals surface area contributed by atoms with Gasteiger partial charge in [0.1, 0.15) is 0 Å². The lowest BCUT2D eigenvalue weighted by atomic mass is 10.0. The third-order valence-electron chi connectivity index (χ3n) is 3.05. The Bertz CT molecular complexity index is 575. The molecule has 19 heavy (non-hydrogen) atoms. The van der Waals surface area contributed by atoms with Crippen molar-refractivity contribution in [1.29, 1.82) is 0 Å². The number of halogens is 2. The molecule has 0 fully saturated rings. The van der Waals surface area contributed by atoms with Crippen LogP contribution in [0.2, 0.25) is 5.02 Å². The van der Waals surface area contributed by atoms with Gasteiger partial charge in [0, 0.05) is 16.2 Å². The molecule has 0 heterocycles. The molecule has 0 spiro atoms. The summed E-state index contributed by atoms with van der Waals surface area (Å²) in [6.07, 6.45) is 0. The van der Waals surface area contributed by atoms with E-state index in [0.29, 0.717) is 0 Å². The predicted molar refractivity (Wildman–Crippen MR) is 87.1 cm³/mol. The number of anilines is 1. The molecule has 2 aromatic rings. The molecular weight excluding hydrogens is 322 g/mol. The normalized spacial score (nSPS) is 12.3. The van der Waals surface area contributed by atoms with Crippen LogP contribution in [0.3, 0.4) is 0 Å². The van der Waals surface area contributed by atoms with Gasteiger partial charge in [-0.15, -0.1) is 0 Å². The van der Waals surface area contributed by atoms with Gasteiger partial charge in [0.15, 0.2) is 0 Å². The summed E-state index contributed by atoms with van der Waals surface area (Å²) < 4.78 is 0.909. The van der Waals surface area contributed by atoms with Crippen molar-refractivity contribution in [1.82, 2.24) is 0 Å².